The summed E-state index contributed by atoms with van der Waals surface area (Å²) in [5.41, 5.74) is 1.58. The zero-order valence-electron chi connectivity index (χ0n) is 12.9. The quantitative estimate of drug-likeness (QED) is 0.853. The summed E-state index contributed by atoms with van der Waals surface area (Å²) in [5.74, 6) is 0.660. The van der Waals surface area contributed by atoms with E-state index < -0.39 is 5.54 Å². The third kappa shape index (κ3) is 2.67. The maximum Gasteiger partial charge on any atom is 0.331 e. The molecule has 0 heterocycles. The zero-order valence-corrected chi connectivity index (χ0v) is 12.9. The molecule has 0 amide bonds. The third-order valence-electron chi connectivity index (χ3n) is 4.66. The highest BCUT2D eigenvalue weighted by Gasteiger charge is 2.48. The molecule has 0 radical (unpaired) electrons. The van der Waals surface area contributed by atoms with Crippen molar-refractivity contribution in [3.8, 4) is 0 Å². The number of hydrogen-bond donors (Lipinski definition) is 1. The standard InChI is InChI=1S/C17H25NO2/c1-12-9-10-14(3)17(11-12,16(19)20-4)18-15-8-6-5-7-13(15)2/h5-8,12,14,18H,9-11H2,1-4H3. The van der Waals surface area contributed by atoms with Crippen molar-refractivity contribution in [2.75, 3.05) is 12.4 Å². The van der Waals surface area contributed by atoms with E-state index in [1.165, 1.54) is 13.5 Å². The van der Waals surface area contributed by atoms with Crippen LogP contribution in [0.5, 0.6) is 0 Å². The van der Waals surface area contributed by atoms with Crippen molar-refractivity contribution in [3.05, 3.63) is 29.8 Å². The SMILES string of the molecule is COC(=O)C1(Nc2ccccc2C)CC(C)CCC1C. The molecule has 110 valence electrons. The van der Waals surface area contributed by atoms with Crippen LogP contribution in [-0.2, 0) is 9.53 Å². The Kier molecular flexibility index (Phi) is 4.36. The van der Waals surface area contributed by atoms with Gasteiger partial charge in [-0.05, 0) is 43.2 Å². The average molecular weight is 275 g/mol. The van der Waals surface area contributed by atoms with Crippen LogP contribution in [0.4, 0.5) is 5.69 Å². The second kappa shape index (κ2) is 5.86. The molecule has 1 fully saturated rings. The van der Waals surface area contributed by atoms with Gasteiger partial charge in [0.15, 0.2) is 0 Å². The molecule has 3 nitrogen and oxygen atoms in total. The van der Waals surface area contributed by atoms with E-state index in [-0.39, 0.29) is 11.9 Å². The second-order valence-electron chi connectivity index (χ2n) is 6.19. The fraction of sp³-hybridized carbons (Fsp3) is 0.588. The van der Waals surface area contributed by atoms with E-state index in [2.05, 4.69) is 32.2 Å². The van der Waals surface area contributed by atoms with Crippen LogP contribution in [-0.4, -0.2) is 18.6 Å². The Balaban J connectivity index is 2.37. The lowest BCUT2D eigenvalue weighted by Crippen LogP contribution is -2.55. The molecular weight excluding hydrogens is 250 g/mol. The van der Waals surface area contributed by atoms with Crippen LogP contribution in [0.25, 0.3) is 0 Å². The highest BCUT2D eigenvalue weighted by Crippen LogP contribution is 2.40. The van der Waals surface area contributed by atoms with Crippen molar-refractivity contribution >= 4 is 11.7 Å². The van der Waals surface area contributed by atoms with Crippen molar-refractivity contribution in [1.82, 2.24) is 0 Å². The predicted molar refractivity (Wildman–Crippen MR) is 81.7 cm³/mol. The number of para-hydroxylation sites is 1. The molecule has 20 heavy (non-hydrogen) atoms. The first kappa shape index (κ1) is 14.9. The molecular formula is C17H25NO2. The van der Waals surface area contributed by atoms with Crippen molar-refractivity contribution in [3.63, 3.8) is 0 Å². The van der Waals surface area contributed by atoms with Gasteiger partial charge in [0.2, 0.25) is 0 Å². The normalized spacial score (nSPS) is 29.8. The van der Waals surface area contributed by atoms with E-state index in [4.69, 9.17) is 4.74 Å². The Morgan fingerprint density at radius 3 is 2.65 bits per heavy atom. The van der Waals surface area contributed by atoms with Crippen molar-refractivity contribution in [1.29, 1.82) is 0 Å². The molecule has 0 aliphatic heterocycles. The van der Waals surface area contributed by atoms with Crippen LogP contribution in [0.3, 0.4) is 0 Å². The number of carbonyl (C=O) groups excluding carboxylic acids is 1. The molecule has 3 atom stereocenters. The second-order valence-corrected chi connectivity index (χ2v) is 6.19. The third-order valence-corrected chi connectivity index (χ3v) is 4.66. The Morgan fingerprint density at radius 2 is 2.00 bits per heavy atom. The van der Waals surface area contributed by atoms with Gasteiger partial charge in [-0.1, -0.05) is 38.5 Å². The number of esters is 1. The van der Waals surface area contributed by atoms with Crippen LogP contribution >= 0.6 is 0 Å². The Bertz CT molecular complexity index is 486. The molecule has 1 N–H and O–H groups in total. The molecule has 1 aliphatic carbocycles. The van der Waals surface area contributed by atoms with Crippen LogP contribution in [0, 0.1) is 18.8 Å². The summed E-state index contributed by atoms with van der Waals surface area (Å²) in [6, 6.07) is 8.10. The summed E-state index contributed by atoms with van der Waals surface area (Å²) >= 11 is 0. The van der Waals surface area contributed by atoms with Gasteiger partial charge in [0.1, 0.15) is 5.54 Å². The number of benzene rings is 1. The van der Waals surface area contributed by atoms with Gasteiger partial charge in [0, 0.05) is 5.69 Å². The molecule has 3 unspecified atom stereocenters. The van der Waals surface area contributed by atoms with Gasteiger partial charge in [-0.25, -0.2) is 4.79 Å². The zero-order chi connectivity index (χ0) is 14.8. The van der Waals surface area contributed by atoms with E-state index >= 15 is 0 Å². The van der Waals surface area contributed by atoms with Gasteiger partial charge in [-0.15, -0.1) is 0 Å². The number of ether oxygens (including phenoxy) is 1. The van der Waals surface area contributed by atoms with Gasteiger partial charge in [-0.2, -0.15) is 0 Å². The fourth-order valence-corrected chi connectivity index (χ4v) is 3.28. The van der Waals surface area contributed by atoms with E-state index in [0.29, 0.717) is 5.92 Å². The van der Waals surface area contributed by atoms with Crippen LogP contribution < -0.4 is 5.32 Å². The number of carbonyl (C=O) groups is 1. The fourth-order valence-electron chi connectivity index (χ4n) is 3.28. The smallest absolute Gasteiger partial charge is 0.331 e. The number of rotatable bonds is 3. The average Bonchev–Trinajstić information content (AvgIpc) is 2.44. The summed E-state index contributed by atoms with van der Waals surface area (Å²) in [6.45, 7) is 6.42. The first-order chi connectivity index (χ1) is 9.49. The highest BCUT2D eigenvalue weighted by molar-refractivity contribution is 5.85. The van der Waals surface area contributed by atoms with Crippen LogP contribution in [0.1, 0.15) is 38.7 Å². The number of nitrogens with one attached hydrogen (secondary N) is 1. The van der Waals surface area contributed by atoms with Gasteiger partial charge in [0.05, 0.1) is 7.11 Å². The van der Waals surface area contributed by atoms with Crippen molar-refractivity contribution in [2.45, 2.75) is 45.6 Å². The molecule has 2 rings (SSSR count). The Labute approximate surface area is 121 Å². The van der Waals surface area contributed by atoms with E-state index in [9.17, 15) is 4.79 Å². The summed E-state index contributed by atoms with van der Waals surface area (Å²) in [6.07, 6.45) is 3.06. The maximum absolute atomic E-state index is 12.5. The molecule has 1 aromatic rings. The first-order valence-corrected chi connectivity index (χ1v) is 7.42. The van der Waals surface area contributed by atoms with Crippen molar-refractivity contribution < 1.29 is 9.53 Å². The molecule has 0 spiro atoms. The van der Waals surface area contributed by atoms with Gasteiger partial charge in [-0.3, -0.25) is 0 Å². The van der Waals surface area contributed by atoms with Crippen LogP contribution in [0.2, 0.25) is 0 Å². The van der Waals surface area contributed by atoms with Crippen LogP contribution in [0.15, 0.2) is 24.3 Å². The van der Waals surface area contributed by atoms with Crippen molar-refractivity contribution in [2.24, 2.45) is 11.8 Å². The summed E-state index contributed by atoms with van der Waals surface area (Å²) in [7, 11) is 1.48. The Hall–Kier alpha value is -1.51. The summed E-state index contributed by atoms with van der Waals surface area (Å²) < 4.78 is 5.12. The molecule has 1 aliphatic rings. The number of anilines is 1. The number of methoxy groups -OCH3 is 1. The molecule has 1 saturated carbocycles. The molecule has 0 saturated heterocycles. The minimum absolute atomic E-state index is 0.139. The van der Waals surface area contributed by atoms with E-state index in [1.54, 1.807) is 0 Å². The highest BCUT2D eigenvalue weighted by atomic mass is 16.5. The molecule has 0 bridgehead atoms. The maximum atomic E-state index is 12.5. The Morgan fingerprint density at radius 1 is 1.30 bits per heavy atom. The lowest BCUT2D eigenvalue weighted by atomic mass is 9.69. The number of aryl methyl sites for hydroxylation is 1. The monoisotopic (exact) mass is 275 g/mol. The van der Waals surface area contributed by atoms with Gasteiger partial charge >= 0.3 is 5.97 Å². The number of hydrogen-bond acceptors (Lipinski definition) is 3. The van der Waals surface area contributed by atoms with Gasteiger partial charge in [0.25, 0.3) is 0 Å². The minimum atomic E-state index is -0.599. The minimum Gasteiger partial charge on any atom is -0.467 e. The lowest BCUT2D eigenvalue weighted by molar-refractivity contribution is -0.150. The lowest BCUT2D eigenvalue weighted by Gasteiger charge is -2.44. The summed E-state index contributed by atoms with van der Waals surface area (Å²) in [4.78, 5) is 12.5. The largest absolute Gasteiger partial charge is 0.467 e. The topological polar surface area (TPSA) is 38.3 Å². The summed E-state index contributed by atoms with van der Waals surface area (Å²) in [5, 5.41) is 3.52. The van der Waals surface area contributed by atoms with E-state index in [1.807, 2.05) is 18.2 Å². The molecule has 3 heteroatoms. The van der Waals surface area contributed by atoms with Gasteiger partial charge < -0.3 is 10.1 Å². The predicted octanol–water partition coefficient (Wildman–Crippen LogP) is 3.77. The van der Waals surface area contributed by atoms with E-state index in [0.717, 1.165) is 24.1 Å². The molecule has 1 aromatic carbocycles. The molecule has 0 aromatic heterocycles. The first-order valence-electron chi connectivity index (χ1n) is 7.42.